The van der Waals surface area contributed by atoms with Crippen LogP contribution in [0.2, 0.25) is 5.02 Å². The first-order valence-corrected chi connectivity index (χ1v) is 9.35. The molecule has 2 aliphatic heterocycles. The van der Waals surface area contributed by atoms with Crippen LogP contribution in [-0.4, -0.2) is 41.1 Å². The number of rotatable bonds is 2. The van der Waals surface area contributed by atoms with Gasteiger partial charge in [-0.3, -0.25) is 19.3 Å². The average molecular weight is 361 g/mol. The molecule has 1 aromatic carbocycles. The lowest BCUT2D eigenvalue weighted by molar-refractivity contribution is -0.136. The van der Waals surface area contributed by atoms with Gasteiger partial charge in [0.2, 0.25) is 5.91 Å². The maximum Gasteiger partial charge on any atom is 0.251 e. The zero-order chi connectivity index (χ0) is 17.6. The number of likely N-dealkylation sites (tertiary alicyclic amines) is 1. The van der Waals surface area contributed by atoms with Crippen LogP contribution in [0.4, 0.5) is 5.69 Å². The molecule has 1 aromatic rings. The molecule has 3 unspecified atom stereocenters. The number of piperidine rings is 1. The molecule has 0 radical (unpaired) electrons. The molecule has 0 spiro atoms. The van der Waals surface area contributed by atoms with Gasteiger partial charge in [-0.05, 0) is 37.1 Å². The van der Waals surface area contributed by atoms with Gasteiger partial charge in [-0.1, -0.05) is 24.4 Å². The number of fused-ring (bicyclic) bond motifs is 1. The van der Waals surface area contributed by atoms with E-state index in [4.69, 9.17) is 11.6 Å². The number of anilines is 1. The van der Waals surface area contributed by atoms with Crippen LogP contribution in [0, 0.1) is 5.92 Å². The van der Waals surface area contributed by atoms with Crippen LogP contribution in [0.1, 0.15) is 38.5 Å². The smallest absolute Gasteiger partial charge is 0.251 e. The number of nitrogens with zero attached hydrogens (tertiary/aromatic N) is 2. The van der Waals surface area contributed by atoms with Crippen LogP contribution in [0.25, 0.3) is 0 Å². The first kappa shape index (κ1) is 16.7. The molecule has 25 heavy (non-hydrogen) atoms. The van der Waals surface area contributed by atoms with Crippen molar-refractivity contribution < 1.29 is 14.4 Å². The molecule has 2 heterocycles. The van der Waals surface area contributed by atoms with Gasteiger partial charge < -0.3 is 0 Å². The van der Waals surface area contributed by atoms with Crippen molar-refractivity contribution in [3.63, 3.8) is 0 Å². The average Bonchev–Trinajstić information content (AvgIpc) is 2.91. The highest BCUT2D eigenvalue weighted by Crippen LogP contribution is 2.37. The Hall–Kier alpha value is -1.72. The highest BCUT2D eigenvalue weighted by atomic mass is 35.5. The van der Waals surface area contributed by atoms with E-state index >= 15 is 0 Å². The Balaban J connectivity index is 1.59. The van der Waals surface area contributed by atoms with E-state index in [0.717, 1.165) is 25.7 Å². The van der Waals surface area contributed by atoms with Gasteiger partial charge in [0.15, 0.2) is 0 Å². The predicted molar refractivity (Wildman–Crippen MR) is 94.4 cm³/mol. The summed E-state index contributed by atoms with van der Waals surface area (Å²) in [6, 6.07) is 6.43. The van der Waals surface area contributed by atoms with Crippen LogP contribution >= 0.6 is 11.6 Å². The second-order valence-electron chi connectivity index (χ2n) is 7.18. The topological polar surface area (TPSA) is 57.7 Å². The molecule has 0 bridgehead atoms. The molecule has 3 atom stereocenters. The molecule has 3 fully saturated rings. The van der Waals surface area contributed by atoms with Gasteiger partial charge in [0.1, 0.15) is 5.78 Å². The van der Waals surface area contributed by atoms with Gasteiger partial charge >= 0.3 is 0 Å². The van der Waals surface area contributed by atoms with Gasteiger partial charge in [0, 0.05) is 29.9 Å². The summed E-state index contributed by atoms with van der Waals surface area (Å²) in [5.41, 5.74) is 0.565. The van der Waals surface area contributed by atoms with Crippen LogP contribution in [0.15, 0.2) is 24.3 Å². The molecule has 132 valence electrons. The van der Waals surface area contributed by atoms with Crippen molar-refractivity contribution in [2.24, 2.45) is 5.92 Å². The molecule has 2 saturated heterocycles. The Kier molecular flexibility index (Phi) is 4.38. The van der Waals surface area contributed by atoms with E-state index in [1.54, 1.807) is 24.3 Å². The maximum absolute atomic E-state index is 13.0. The van der Waals surface area contributed by atoms with Gasteiger partial charge in [0.25, 0.3) is 5.91 Å². The van der Waals surface area contributed by atoms with Crippen molar-refractivity contribution >= 4 is 34.9 Å². The Morgan fingerprint density at radius 2 is 1.72 bits per heavy atom. The lowest BCUT2D eigenvalue weighted by atomic mass is 9.77. The highest BCUT2D eigenvalue weighted by molar-refractivity contribution is 6.30. The normalized spacial score (nSPS) is 30.7. The summed E-state index contributed by atoms with van der Waals surface area (Å²) in [6.07, 6.45) is 4.69. The second kappa shape index (κ2) is 6.54. The molecular weight excluding hydrogens is 340 g/mol. The SMILES string of the molecule is O=C1CCN(C2CC(=O)N(c3ccc(Cl)cc3)C2=O)C2CCCCC12. The lowest BCUT2D eigenvalue weighted by Gasteiger charge is -2.45. The summed E-state index contributed by atoms with van der Waals surface area (Å²) in [6.45, 7) is 0.581. The van der Waals surface area contributed by atoms with Gasteiger partial charge in [-0.2, -0.15) is 0 Å². The largest absolute Gasteiger partial charge is 0.299 e. The fraction of sp³-hybridized carbons (Fsp3) is 0.526. The third-order valence-electron chi connectivity index (χ3n) is 5.79. The lowest BCUT2D eigenvalue weighted by Crippen LogP contribution is -2.56. The molecule has 1 aliphatic carbocycles. The molecule has 1 saturated carbocycles. The Morgan fingerprint density at radius 3 is 2.48 bits per heavy atom. The standard InChI is InChI=1S/C19H21ClN2O3/c20-12-5-7-13(8-6-12)22-18(24)11-16(19(22)25)21-10-9-17(23)14-3-1-2-4-15(14)21/h5-8,14-16H,1-4,9-11H2. The number of hydrogen-bond donors (Lipinski definition) is 0. The number of carbonyl (C=O) groups excluding carboxylic acids is 3. The highest BCUT2D eigenvalue weighted by Gasteiger charge is 2.48. The molecule has 6 heteroatoms. The Bertz CT molecular complexity index is 718. The third kappa shape index (κ3) is 2.89. The number of ketones is 1. The van der Waals surface area contributed by atoms with E-state index in [2.05, 4.69) is 4.90 Å². The fourth-order valence-corrected chi connectivity index (χ4v) is 4.72. The van der Waals surface area contributed by atoms with Crippen LogP contribution < -0.4 is 4.90 Å². The summed E-state index contributed by atoms with van der Waals surface area (Å²) in [4.78, 5) is 41.2. The van der Waals surface area contributed by atoms with Gasteiger partial charge in [-0.25, -0.2) is 4.90 Å². The molecule has 0 N–H and O–H groups in total. The van der Waals surface area contributed by atoms with Gasteiger partial charge in [0.05, 0.1) is 18.2 Å². The number of imide groups is 1. The predicted octanol–water partition coefficient (Wildman–Crippen LogP) is 2.81. The van der Waals surface area contributed by atoms with Gasteiger partial charge in [-0.15, -0.1) is 0 Å². The van der Waals surface area contributed by atoms with Crippen LogP contribution in [0.3, 0.4) is 0 Å². The zero-order valence-corrected chi connectivity index (χ0v) is 14.7. The number of Topliss-reactive ketones (excluding diaryl/α,β-unsaturated/α-hetero) is 1. The molecule has 3 aliphatic rings. The van der Waals surface area contributed by atoms with E-state index in [9.17, 15) is 14.4 Å². The summed E-state index contributed by atoms with van der Waals surface area (Å²) in [5.74, 6) is 0.00911. The van der Waals surface area contributed by atoms with Crippen molar-refractivity contribution in [1.29, 1.82) is 0 Å². The van der Waals surface area contributed by atoms with E-state index in [1.807, 2.05) is 0 Å². The van der Waals surface area contributed by atoms with Crippen molar-refractivity contribution in [3.05, 3.63) is 29.3 Å². The minimum atomic E-state index is -0.443. The van der Waals surface area contributed by atoms with Crippen LogP contribution in [-0.2, 0) is 14.4 Å². The molecule has 2 amide bonds. The monoisotopic (exact) mass is 360 g/mol. The summed E-state index contributed by atoms with van der Waals surface area (Å²) in [5, 5.41) is 0.569. The minimum Gasteiger partial charge on any atom is -0.299 e. The molecule has 4 rings (SSSR count). The minimum absolute atomic E-state index is 0.0370. The Morgan fingerprint density at radius 1 is 1.00 bits per heavy atom. The number of amides is 2. The second-order valence-corrected chi connectivity index (χ2v) is 7.61. The van der Waals surface area contributed by atoms with Crippen molar-refractivity contribution in [2.75, 3.05) is 11.4 Å². The molecule has 0 aromatic heterocycles. The van der Waals surface area contributed by atoms with E-state index in [-0.39, 0.29) is 30.2 Å². The van der Waals surface area contributed by atoms with Crippen molar-refractivity contribution in [2.45, 2.75) is 50.6 Å². The maximum atomic E-state index is 13.0. The zero-order valence-electron chi connectivity index (χ0n) is 14.0. The summed E-state index contributed by atoms with van der Waals surface area (Å²) >= 11 is 5.90. The number of halogens is 1. The molecular formula is C19H21ClN2O3. The number of hydrogen-bond acceptors (Lipinski definition) is 4. The first-order chi connectivity index (χ1) is 12.1. The number of benzene rings is 1. The molecule has 5 nitrogen and oxygen atoms in total. The van der Waals surface area contributed by atoms with E-state index < -0.39 is 6.04 Å². The summed E-state index contributed by atoms with van der Waals surface area (Å²) < 4.78 is 0. The fourth-order valence-electron chi connectivity index (χ4n) is 4.60. The van der Waals surface area contributed by atoms with E-state index in [1.165, 1.54) is 4.90 Å². The van der Waals surface area contributed by atoms with Crippen LogP contribution in [0.5, 0.6) is 0 Å². The first-order valence-electron chi connectivity index (χ1n) is 8.97. The quantitative estimate of drug-likeness (QED) is 0.761. The number of carbonyl (C=O) groups is 3. The van der Waals surface area contributed by atoms with Crippen molar-refractivity contribution in [3.8, 4) is 0 Å². The third-order valence-corrected chi connectivity index (χ3v) is 6.05. The summed E-state index contributed by atoms with van der Waals surface area (Å²) in [7, 11) is 0. The van der Waals surface area contributed by atoms with Crippen molar-refractivity contribution in [1.82, 2.24) is 4.90 Å². The Labute approximate surface area is 151 Å². The van der Waals surface area contributed by atoms with E-state index in [0.29, 0.717) is 29.5 Å².